The Labute approximate surface area is 138 Å². The summed E-state index contributed by atoms with van der Waals surface area (Å²) >= 11 is 0. The molecule has 5 heteroatoms. The summed E-state index contributed by atoms with van der Waals surface area (Å²) in [5.41, 5.74) is 1.69. The Morgan fingerprint density at radius 1 is 1.43 bits per heavy atom. The van der Waals surface area contributed by atoms with Crippen molar-refractivity contribution in [3.8, 4) is 5.75 Å². The van der Waals surface area contributed by atoms with Gasteiger partial charge in [0, 0.05) is 13.5 Å². The first-order chi connectivity index (χ1) is 10.9. The van der Waals surface area contributed by atoms with Gasteiger partial charge in [0.2, 0.25) is 5.91 Å². The van der Waals surface area contributed by atoms with Crippen LogP contribution >= 0.6 is 0 Å². The number of hydrogen-bond donors (Lipinski definition) is 2. The van der Waals surface area contributed by atoms with Crippen molar-refractivity contribution in [1.29, 1.82) is 0 Å². The third-order valence-electron chi connectivity index (χ3n) is 4.22. The topological polar surface area (TPSA) is 61.8 Å². The molecule has 1 saturated heterocycles. The second-order valence-corrected chi connectivity index (χ2v) is 6.63. The third-order valence-corrected chi connectivity index (χ3v) is 4.22. The predicted octanol–water partition coefficient (Wildman–Crippen LogP) is 2.43. The van der Waals surface area contributed by atoms with Crippen molar-refractivity contribution in [1.82, 2.24) is 4.90 Å². The molecule has 1 atom stereocenters. The van der Waals surface area contributed by atoms with Crippen LogP contribution in [0.1, 0.15) is 32.3 Å². The largest absolute Gasteiger partial charge is 0.489 e. The van der Waals surface area contributed by atoms with Crippen molar-refractivity contribution in [3.63, 3.8) is 0 Å². The first-order valence-corrected chi connectivity index (χ1v) is 8.35. The van der Waals surface area contributed by atoms with Crippen molar-refractivity contribution >= 4 is 11.6 Å². The number of rotatable bonds is 6. The summed E-state index contributed by atoms with van der Waals surface area (Å²) in [5, 5.41) is 13.0. The summed E-state index contributed by atoms with van der Waals surface area (Å²) in [5.74, 6) is 1.25. The smallest absolute Gasteiger partial charge is 0.221 e. The van der Waals surface area contributed by atoms with E-state index in [9.17, 15) is 9.90 Å². The molecule has 1 unspecified atom stereocenters. The Kier molecular flexibility index (Phi) is 6.42. The highest BCUT2D eigenvalue weighted by Crippen LogP contribution is 2.26. The summed E-state index contributed by atoms with van der Waals surface area (Å²) in [6.45, 7) is 8.65. The van der Waals surface area contributed by atoms with E-state index in [1.807, 2.05) is 25.1 Å². The SMILES string of the molecule is CC(=O)Nc1ccc(C)cc1OCC(O)CN1CCC(C)CC1. The van der Waals surface area contributed by atoms with Gasteiger partial charge >= 0.3 is 0 Å². The number of nitrogens with one attached hydrogen (secondary N) is 1. The van der Waals surface area contributed by atoms with Crippen LogP contribution in [0.25, 0.3) is 0 Å². The fraction of sp³-hybridized carbons (Fsp3) is 0.611. The highest BCUT2D eigenvalue weighted by molar-refractivity contribution is 5.90. The fourth-order valence-corrected chi connectivity index (χ4v) is 2.82. The van der Waals surface area contributed by atoms with E-state index in [0.29, 0.717) is 18.0 Å². The number of nitrogens with zero attached hydrogens (tertiary/aromatic N) is 1. The van der Waals surface area contributed by atoms with Gasteiger partial charge in [-0.1, -0.05) is 13.0 Å². The molecule has 1 aliphatic heterocycles. The van der Waals surface area contributed by atoms with Crippen molar-refractivity contribution < 1.29 is 14.6 Å². The maximum atomic E-state index is 11.3. The lowest BCUT2D eigenvalue weighted by molar-refractivity contribution is -0.114. The molecule has 1 amide bonds. The average molecular weight is 320 g/mol. The van der Waals surface area contributed by atoms with Crippen molar-refractivity contribution in [2.24, 2.45) is 5.92 Å². The zero-order valence-electron chi connectivity index (χ0n) is 14.3. The molecular formula is C18H28N2O3. The summed E-state index contributed by atoms with van der Waals surface area (Å²) in [6, 6.07) is 5.62. The minimum Gasteiger partial charge on any atom is -0.489 e. The van der Waals surface area contributed by atoms with E-state index in [2.05, 4.69) is 17.1 Å². The second kappa shape index (κ2) is 8.31. The maximum Gasteiger partial charge on any atom is 0.221 e. The minimum absolute atomic E-state index is 0.137. The highest BCUT2D eigenvalue weighted by Gasteiger charge is 2.19. The van der Waals surface area contributed by atoms with Gasteiger partial charge in [0.25, 0.3) is 0 Å². The van der Waals surface area contributed by atoms with Crippen LogP contribution in [0, 0.1) is 12.8 Å². The quantitative estimate of drug-likeness (QED) is 0.845. The summed E-state index contributed by atoms with van der Waals surface area (Å²) in [4.78, 5) is 13.5. The van der Waals surface area contributed by atoms with Gasteiger partial charge in [-0.3, -0.25) is 4.79 Å². The van der Waals surface area contributed by atoms with Crippen LogP contribution in [0.4, 0.5) is 5.69 Å². The van der Waals surface area contributed by atoms with Gasteiger partial charge in [0.05, 0.1) is 5.69 Å². The molecule has 0 aliphatic carbocycles. The molecule has 0 radical (unpaired) electrons. The lowest BCUT2D eigenvalue weighted by Crippen LogP contribution is -2.40. The number of amides is 1. The maximum absolute atomic E-state index is 11.3. The van der Waals surface area contributed by atoms with Gasteiger partial charge in [-0.15, -0.1) is 0 Å². The molecule has 0 aromatic heterocycles. The van der Waals surface area contributed by atoms with E-state index in [4.69, 9.17) is 4.74 Å². The number of hydrogen-bond acceptors (Lipinski definition) is 4. The Hall–Kier alpha value is -1.59. The van der Waals surface area contributed by atoms with Gasteiger partial charge < -0.3 is 20.1 Å². The first-order valence-electron chi connectivity index (χ1n) is 8.35. The van der Waals surface area contributed by atoms with Gasteiger partial charge in [0.1, 0.15) is 18.5 Å². The molecule has 5 nitrogen and oxygen atoms in total. The molecule has 23 heavy (non-hydrogen) atoms. The summed E-state index contributed by atoms with van der Waals surface area (Å²) < 4.78 is 5.75. The number of ether oxygens (including phenoxy) is 1. The minimum atomic E-state index is -0.533. The molecule has 1 aromatic carbocycles. The third kappa shape index (κ3) is 5.84. The lowest BCUT2D eigenvalue weighted by Gasteiger charge is -2.31. The molecule has 1 fully saturated rings. The van der Waals surface area contributed by atoms with E-state index in [0.717, 1.165) is 24.6 Å². The number of anilines is 1. The number of aliphatic hydroxyl groups is 1. The van der Waals surface area contributed by atoms with Crippen LogP contribution in [-0.2, 0) is 4.79 Å². The molecular weight excluding hydrogens is 292 g/mol. The van der Waals surface area contributed by atoms with Crippen LogP contribution < -0.4 is 10.1 Å². The van der Waals surface area contributed by atoms with E-state index >= 15 is 0 Å². The van der Waals surface area contributed by atoms with E-state index in [-0.39, 0.29) is 12.5 Å². The standard InChI is InChI=1S/C18H28N2O3/c1-13-6-8-20(9-7-13)11-16(22)12-23-18-10-14(2)4-5-17(18)19-15(3)21/h4-5,10,13,16,22H,6-9,11-12H2,1-3H3,(H,19,21). The highest BCUT2D eigenvalue weighted by atomic mass is 16.5. The van der Waals surface area contributed by atoms with Crippen LogP contribution in [0.15, 0.2) is 18.2 Å². The van der Waals surface area contributed by atoms with E-state index < -0.39 is 6.10 Å². The number of carbonyl (C=O) groups is 1. The molecule has 2 N–H and O–H groups in total. The molecule has 1 heterocycles. The molecule has 1 aromatic rings. The molecule has 0 spiro atoms. The average Bonchev–Trinajstić information content (AvgIpc) is 2.49. The van der Waals surface area contributed by atoms with Crippen LogP contribution in [0.3, 0.4) is 0 Å². The summed E-state index contributed by atoms with van der Waals surface area (Å²) in [6.07, 6.45) is 1.85. The Morgan fingerprint density at radius 3 is 2.78 bits per heavy atom. The number of benzene rings is 1. The lowest BCUT2D eigenvalue weighted by atomic mass is 9.99. The molecule has 128 valence electrons. The number of piperidine rings is 1. The van der Waals surface area contributed by atoms with Gasteiger partial charge in [-0.25, -0.2) is 0 Å². The first kappa shape index (κ1) is 17.8. The van der Waals surface area contributed by atoms with E-state index in [1.54, 1.807) is 0 Å². The second-order valence-electron chi connectivity index (χ2n) is 6.63. The number of carbonyl (C=O) groups excluding carboxylic acids is 1. The normalized spacial score (nSPS) is 17.7. The Morgan fingerprint density at radius 2 is 2.13 bits per heavy atom. The summed E-state index contributed by atoms with van der Waals surface area (Å²) in [7, 11) is 0. The predicted molar refractivity (Wildman–Crippen MR) is 91.8 cm³/mol. The monoisotopic (exact) mass is 320 g/mol. The zero-order chi connectivity index (χ0) is 16.8. The van der Waals surface area contributed by atoms with Crippen LogP contribution in [-0.4, -0.2) is 48.3 Å². The molecule has 0 saturated carbocycles. The molecule has 2 rings (SSSR count). The van der Waals surface area contributed by atoms with Crippen molar-refractivity contribution in [2.45, 2.75) is 39.7 Å². The number of aryl methyl sites for hydroxylation is 1. The van der Waals surface area contributed by atoms with Gasteiger partial charge in [-0.05, 0) is 56.5 Å². The van der Waals surface area contributed by atoms with Gasteiger partial charge in [-0.2, -0.15) is 0 Å². The van der Waals surface area contributed by atoms with Gasteiger partial charge in [0.15, 0.2) is 0 Å². The van der Waals surface area contributed by atoms with E-state index in [1.165, 1.54) is 19.8 Å². The fourth-order valence-electron chi connectivity index (χ4n) is 2.82. The molecule has 1 aliphatic rings. The number of likely N-dealkylation sites (tertiary alicyclic amines) is 1. The number of β-amino-alcohol motifs (C(OH)–C–C–N with tert-alkyl or cyclic N) is 1. The zero-order valence-corrected chi connectivity index (χ0v) is 14.3. The Balaban J connectivity index is 1.87. The number of aliphatic hydroxyl groups excluding tert-OH is 1. The van der Waals surface area contributed by atoms with Crippen molar-refractivity contribution in [3.05, 3.63) is 23.8 Å². The van der Waals surface area contributed by atoms with Crippen LogP contribution in [0.2, 0.25) is 0 Å². The molecule has 0 bridgehead atoms. The Bertz CT molecular complexity index is 525. The van der Waals surface area contributed by atoms with Crippen LogP contribution in [0.5, 0.6) is 5.75 Å². The van der Waals surface area contributed by atoms with Crippen molar-refractivity contribution in [2.75, 3.05) is 31.6 Å².